The van der Waals surface area contributed by atoms with E-state index in [9.17, 15) is 0 Å². The number of aryl methyl sites for hydroxylation is 1. The van der Waals surface area contributed by atoms with Crippen molar-refractivity contribution in [1.82, 2.24) is 4.90 Å². The Morgan fingerprint density at radius 2 is 1.68 bits per heavy atom. The topological polar surface area (TPSA) is 3.24 Å². The number of hydrogen-bond acceptors (Lipinski definition) is 1. The van der Waals surface area contributed by atoms with Gasteiger partial charge in [-0.1, -0.05) is 77.6 Å². The third-order valence-corrected chi connectivity index (χ3v) is 5.92. The SMILES string of the molecule is CCCCCCN1CCC(CCCc2ccccc2C(C)(C)C)CC1. The average molecular weight is 344 g/mol. The first-order valence-electron chi connectivity index (χ1n) is 10.8. The van der Waals surface area contributed by atoms with Crippen LogP contribution in [-0.2, 0) is 11.8 Å². The fourth-order valence-corrected chi connectivity index (χ4v) is 4.31. The van der Waals surface area contributed by atoms with Crippen LogP contribution in [0, 0.1) is 5.92 Å². The van der Waals surface area contributed by atoms with Crippen LogP contribution in [0.15, 0.2) is 24.3 Å². The van der Waals surface area contributed by atoms with Crippen molar-refractivity contribution in [2.24, 2.45) is 5.92 Å². The van der Waals surface area contributed by atoms with Crippen molar-refractivity contribution in [2.45, 2.75) is 90.9 Å². The maximum Gasteiger partial charge on any atom is -0.00161 e. The van der Waals surface area contributed by atoms with E-state index in [4.69, 9.17) is 0 Å². The molecule has 2 rings (SSSR count). The van der Waals surface area contributed by atoms with E-state index in [1.807, 2.05) is 0 Å². The summed E-state index contributed by atoms with van der Waals surface area (Å²) in [5.41, 5.74) is 3.37. The Labute approximate surface area is 157 Å². The molecule has 0 aromatic heterocycles. The van der Waals surface area contributed by atoms with E-state index < -0.39 is 0 Å². The van der Waals surface area contributed by atoms with Gasteiger partial charge < -0.3 is 4.90 Å². The highest BCUT2D eigenvalue weighted by Gasteiger charge is 2.20. The summed E-state index contributed by atoms with van der Waals surface area (Å²) in [7, 11) is 0. The summed E-state index contributed by atoms with van der Waals surface area (Å²) in [5, 5.41) is 0. The maximum atomic E-state index is 2.71. The minimum absolute atomic E-state index is 0.264. The van der Waals surface area contributed by atoms with Gasteiger partial charge in [-0.2, -0.15) is 0 Å². The molecule has 0 amide bonds. The van der Waals surface area contributed by atoms with Gasteiger partial charge >= 0.3 is 0 Å². The molecule has 1 aromatic carbocycles. The van der Waals surface area contributed by atoms with E-state index in [1.165, 1.54) is 83.0 Å². The lowest BCUT2D eigenvalue weighted by molar-refractivity contribution is 0.175. The van der Waals surface area contributed by atoms with Crippen molar-refractivity contribution >= 4 is 0 Å². The second-order valence-electron chi connectivity index (χ2n) is 9.15. The summed E-state index contributed by atoms with van der Waals surface area (Å²) in [4.78, 5) is 2.71. The fourth-order valence-electron chi connectivity index (χ4n) is 4.31. The van der Waals surface area contributed by atoms with Crippen molar-refractivity contribution in [3.63, 3.8) is 0 Å². The summed E-state index contributed by atoms with van der Waals surface area (Å²) >= 11 is 0. The molecular formula is C24H41N. The second-order valence-corrected chi connectivity index (χ2v) is 9.15. The minimum Gasteiger partial charge on any atom is -0.303 e. The second kappa shape index (κ2) is 10.4. The van der Waals surface area contributed by atoms with E-state index in [0.717, 1.165) is 5.92 Å². The molecular weight excluding hydrogens is 302 g/mol. The quantitative estimate of drug-likeness (QED) is 0.457. The summed E-state index contributed by atoms with van der Waals surface area (Å²) in [5.74, 6) is 0.966. The third kappa shape index (κ3) is 7.13. The molecule has 0 atom stereocenters. The first-order chi connectivity index (χ1) is 12.0. The van der Waals surface area contributed by atoms with Gasteiger partial charge in [0.25, 0.3) is 0 Å². The zero-order valence-corrected chi connectivity index (χ0v) is 17.3. The first kappa shape index (κ1) is 20.5. The van der Waals surface area contributed by atoms with Gasteiger partial charge in [-0.15, -0.1) is 0 Å². The van der Waals surface area contributed by atoms with Crippen molar-refractivity contribution in [3.05, 3.63) is 35.4 Å². The lowest BCUT2D eigenvalue weighted by atomic mass is 9.82. The molecule has 1 aromatic rings. The van der Waals surface area contributed by atoms with Gasteiger partial charge in [0.2, 0.25) is 0 Å². The van der Waals surface area contributed by atoms with Crippen LogP contribution in [0.25, 0.3) is 0 Å². The monoisotopic (exact) mass is 343 g/mol. The molecule has 0 saturated carbocycles. The van der Waals surface area contributed by atoms with E-state index in [2.05, 4.69) is 56.9 Å². The molecule has 142 valence electrons. The standard InChI is InChI=1S/C24H41N/c1-5-6-7-10-18-25-19-16-21(17-20-25)12-11-14-22-13-8-9-15-23(22)24(2,3)4/h8-9,13,15,21H,5-7,10-12,14,16-20H2,1-4H3. The number of piperidine rings is 1. The van der Waals surface area contributed by atoms with Crippen LogP contribution in [0.3, 0.4) is 0 Å². The molecule has 0 unspecified atom stereocenters. The van der Waals surface area contributed by atoms with Crippen LogP contribution in [0.1, 0.15) is 90.2 Å². The van der Waals surface area contributed by atoms with Crippen molar-refractivity contribution in [3.8, 4) is 0 Å². The van der Waals surface area contributed by atoms with E-state index in [-0.39, 0.29) is 5.41 Å². The molecule has 1 fully saturated rings. The van der Waals surface area contributed by atoms with Crippen molar-refractivity contribution < 1.29 is 0 Å². The van der Waals surface area contributed by atoms with Gasteiger partial charge in [-0.25, -0.2) is 0 Å². The van der Waals surface area contributed by atoms with Crippen LogP contribution in [0.4, 0.5) is 0 Å². The van der Waals surface area contributed by atoms with Gasteiger partial charge in [0.15, 0.2) is 0 Å². The van der Waals surface area contributed by atoms with Gasteiger partial charge in [-0.05, 0) is 74.2 Å². The van der Waals surface area contributed by atoms with E-state index in [1.54, 1.807) is 5.56 Å². The Bertz CT molecular complexity index is 477. The van der Waals surface area contributed by atoms with E-state index in [0.29, 0.717) is 0 Å². The van der Waals surface area contributed by atoms with Gasteiger partial charge in [0, 0.05) is 0 Å². The normalized spacial score (nSPS) is 17.1. The van der Waals surface area contributed by atoms with Gasteiger partial charge in [-0.3, -0.25) is 0 Å². The molecule has 0 radical (unpaired) electrons. The van der Waals surface area contributed by atoms with Gasteiger partial charge in [0.1, 0.15) is 0 Å². The molecule has 1 aliphatic heterocycles. The third-order valence-electron chi connectivity index (χ3n) is 5.92. The molecule has 1 heterocycles. The Hall–Kier alpha value is -0.820. The fraction of sp³-hybridized carbons (Fsp3) is 0.750. The van der Waals surface area contributed by atoms with Crippen LogP contribution in [-0.4, -0.2) is 24.5 Å². The lowest BCUT2D eigenvalue weighted by Crippen LogP contribution is -2.34. The summed E-state index contributed by atoms with van der Waals surface area (Å²) in [6.45, 7) is 13.3. The molecule has 1 aliphatic rings. The zero-order chi connectivity index (χ0) is 18.1. The van der Waals surface area contributed by atoms with Crippen LogP contribution in [0.5, 0.6) is 0 Å². The predicted octanol–water partition coefficient (Wildman–Crippen LogP) is 6.60. The number of likely N-dealkylation sites (tertiary alicyclic amines) is 1. The number of benzene rings is 1. The molecule has 1 heteroatoms. The highest BCUT2D eigenvalue weighted by molar-refractivity contribution is 5.32. The summed E-state index contributed by atoms with van der Waals surface area (Å²) < 4.78 is 0. The van der Waals surface area contributed by atoms with Crippen LogP contribution in [0.2, 0.25) is 0 Å². The molecule has 0 N–H and O–H groups in total. The van der Waals surface area contributed by atoms with E-state index >= 15 is 0 Å². The first-order valence-corrected chi connectivity index (χ1v) is 10.8. The number of hydrogen-bond donors (Lipinski definition) is 0. The predicted molar refractivity (Wildman–Crippen MR) is 111 cm³/mol. The molecule has 25 heavy (non-hydrogen) atoms. The Morgan fingerprint density at radius 3 is 2.36 bits per heavy atom. The highest BCUT2D eigenvalue weighted by Crippen LogP contribution is 2.28. The number of nitrogens with zero attached hydrogens (tertiary/aromatic N) is 1. The van der Waals surface area contributed by atoms with Gasteiger partial charge in [0.05, 0.1) is 0 Å². The Balaban J connectivity index is 1.67. The van der Waals surface area contributed by atoms with Crippen LogP contribution < -0.4 is 0 Å². The smallest absolute Gasteiger partial charge is 0.00161 e. The molecule has 0 aliphatic carbocycles. The summed E-state index contributed by atoms with van der Waals surface area (Å²) in [6.07, 6.45) is 12.5. The largest absolute Gasteiger partial charge is 0.303 e. The molecule has 0 spiro atoms. The highest BCUT2D eigenvalue weighted by atomic mass is 15.1. The van der Waals surface area contributed by atoms with Crippen molar-refractivity contribution in [1.29, 1.82) is 0 Å². The number of rotatable bonds is 9. The summed E-state index contributed by atoms with van der Waals surface area (Å²) in [6, 6.07) is 9.08. The zero-order valence-electron chi connectivity index (χ0n) is 17.3. The molecule has 1 saturated heterocycles. The Morgan fingerprint density at radius 1 is 0.960 bits per heavy atom. The van der Waals surface area contributed by atoms with Crippen molar-refractivity contribution in [2.75, 3.05) is 19.6 Å². The lowest BCUT2D eigenvalue weighted by Gasteiger charge is -2.32. The molecule has 1 nitrogen and oxygen atoms in total. The minimum atomic E-state index is 0.264. The van der Waals surface area contributed by atoms with Crippen LogP contribution >= 0.6 is 0 Å². The number of unbranched alkanes of at least 4 members (excludes halogenated alkanes) is 3. The molecule has 0 bridgehead atoms. The maximum absolute atomic E-state index is 2.71. The Kier molecular flexibility index (Phi) is 8.49. The average Bonchev–Trinajstić information content (AvgIpc) is 2.59.